The lowest BCUT2D eigenvalue weighted by Gasteiger charge is -2.25. The van der Waals surface area contributed by atoms with Gasteiger partial charge in [-0.3, -0.25) is 0 Å². The smallest absolute Gasteiger partial charge is 0.0647 e. The Hall–Kier alpha value is -0.860. The van der Waals surface area contributed by atoms with Gasteiger partial charge in [-0.25, -0.2) is 0 Å². The van der Waals surface area contributed by atoms with Gasteiger partial charge in [-0.1, -0.05) is 30.3 Å². The zero-order valence-corrected chi connectivity index (χ0v) is 10.4. The van der Waals surface area contributed by atoms with Crippen LogP contribution in [0.4, 0.5) is 0 Å². The predicted molar refractivity (Wildman–Crippen MR) is 66.5 cm³/mol. The van der Waals surface area contributed by atoms with Crippen molar-refractivity contribution in [2.24, 2.45) is 0 Å². The molecule has 0 aromatic heterocycles. The van der Waals surface area contributed by atoms with Crippen LogP contribution in [0.5, 0.6) is 0 Å². The first-order valence-corrected chi connectivity index (χ1v) is 5.80. The normalized spacial score (nSPS) is 13.8. The fourth-order valence-corrected chi connectivity index (χ4v) is 1.73. The third kappa shape index (κ3) is 4.77. The van der Waals surface area contributed by atoms with Crippen LogP contribution < -0.4 is 0 Å². The van der Waals surface area contributed by atoms with E-state index >= 15 is 0 Å². The third-order valence-corrected chi connectivity index (χ3v) is 2.89. The quantitative estimate of drug-likeness (QED) is 0.802. The summed E-state index contributed by atoms with van der Waals surface area (Å²) in [4.78, 5) is 0. The summed E-state index contributed by atoms with van der Waals surface area (Å²) in [6.45, 7) is 4.00. The van der Waals surface area contributed by atoms with E-state index in [0.29, 0.717) is 6.42 Å². The fraction of sp³-hybridized carbons (Fsp3) is 0.571. The first kappa shape index (κ1) is 13.2. The Balaban J connectivity index is 2.33. The molecule has 0 bridgehead atoms. The van der Waals surface area contributed by atoms with Gasteiger partial charge in [0.2, 0.25) is 0 Å². The second-order valence-electron chi connectivity index (χ2n) is 4.85. The van der Waals surface area contributed by atoms with E-state index in [1.807, 2.05) is 32.0 Å². The molecule has 0 amide bonds. The summed E-state index contributed by atoms with van der Waals surface area (Å²) in [5.41, 5.74) is 1.03. The molecule has 0 saturated carbocycles. The van der Waals surface area contributed by atoms with E-state index in [-0.39, 0.29) is 11.7 Å². The number of rotatable bonds is 6. The lowest BCUT2D eigenvalue weighted by atomic mass is 9.96. The Bertz CT molecular complexity index is 293. The van der Waals surface area contributed by atoms with Crippen molar-refractivity contribution in [2.45, 2.75) is 44.8 Å². The molecule has 0 radical (unpaired) electrons. The largest absolute Gasteiger partial charge is 0.393 e. The maximum Gasteiger partial charge on any atom is 0.0647 e. The van der Waals surface area contributed by atoms with Crippen molar-refractivity contribution in [3.8, 4) is 0 Å². The van der Waals surface area contributed by atoms with Gasteiger partial charge in [-0.05, 0) is 32.3 Å². The van der Waals surface area contributed by atoms with Crippen LogP contribution in [0, 0.1) is 0 Å². The highest BCUT2D eigenvalue weighted by atomic mass is 16.5. The lowest BCUT2D eigenvalue weighted by molar-refractivity contribution is -0.0209. The van der Waals surface area contributed by atoms with Crippen LogP contribution in [0.1, 0.15) is 32.3 Å². The van der Waals surface area contributed by atoms with Crippen LogP contribution in [0.2, 0.25) is 0 Å². The molecule has 1 N–H and O–H groups in total. The molecule has 0 aliphatic carbocycles. The van der Waals surface area contributed by atoms with E-state index in [2.05, 4.69) is 12.1 Å². The minimum absolute atomic E-state index is 0.240. The predicted octanol–water partition coefficient (Wildman–Crippen LogP) is 2.80. The summed E-state index contributed by atoms with van der Waals surface area (Å²) in [6.07, 6.45) is 2.09. The van der Waals surface area contributed by atoms with E-state index in [4.69, 9.17) is 4.74 Å². The second kappa shape index (κ2) is 6.02. The van der Waals surface area contributed by atoms with Crippen molar-refractivity contribution >= 4 is 0 Å². The second-order valence-corrected chi connectivity index (χ2v) is 4.85. The molecular weight excluding hydrogens is 200 g/mol. The highest BCUT2D eigenvalue weighted by Crippen LogP contribution is 2.18. The molecule has 0 aliphatic rings. The minimum Gasteiger partial charge on any atom is -0.393 e. The lowest BCUT2D eigenvalue weighted by Crippen LogP contribution is -2.28. The SMILES string of the molecule is COC(C)(C)CC(O)CCc1ccccc1. The third-order valence-electron chi connectivity index (χ3n) is 2.89. The molecule has 2 heteroatoms. The van der Waals surface area contributed by atoms with Crippen molar-refractivity contribution in [1.29, 1.82) is 0 Å². The first-order chi connectivity index (χ1) is 7.53. The van der Waals surface area contributed by atoms with Crippen molar-refractivity contribution in [1.82, 2.24) is 0 Å². The van der Waals surface area contributed by atoms with Gasteiger partial charge in [-0.2, -0.15) is 0 Å². The van der Waals surface area contributed by atoms with Gasteiger partial charge in [-0.15, -0.1) is 0 Å². The van der Waals surface area contributed by atoms with Crippen LogP contribution in [0.15, 0.2) is 30.3 Å². The number of ether oxygens (including phenoxy) is 1. The fourth-order valence-electron chi connectivity index (χ4n) is 1.73. The zero-order chi connectivity index (χ0) is 12.0. The molecule has 0 saturated heterocycles. The van der Waals surface area contributed by atoms with Gasteiger partial charge in [0.15, 0.2) is 0 Å². The number of aryl methyl sites for hydroxylation is 1. The van der Waals surface area contributed by atoms with E-state index in [1.54, 1.807) is 7.11 Å². The van der Waals surface area contributed by atoms with Gasteiger partial charge in [0.1, 0.15) is 0 Å². The molecule has 90 valence electrons. The van der Waals surface area contributed by atoms with Crippen molar-refractivity contribution in [2.75, 3.05) is 7.11 Å². The molecule has 0 aliphatic heterocycles. The number of aliphatic hydroxyl groups is 1. The molecule has 1 unspecified atom stereocenters. The highest BCUT2D eigenvalue weighted by molar-refractivity contribution is 5.14. The topological polar surface area (TPSA) is 29.5 Å². The van der Waals surface area contributed by atoms with Gasteiger partial charge < -0.3 is 9.84 Å². The first-order valence-electron chi connectivity index (χ1n) is 5.80. The van der Waals surface area contributed by atoms with E-state index < -0.39 is 0 Å². The van der Waals surface area contributed by atoms with E-state index in [9.17, 15) is 5.11 Å². The molecule has 1 aromatic rings. The van der Waals surface area contributed by atoms with Gasteiger partial charge in [0.25, 0.3) is 0 Å². The van der Waals surface area contributed by atoms with Gasteiger partial charge in [0, 0.05) is 13.5 Å². The van der Waals surface area contributed by atoms with Crippen LogP contribution in [-0.4, -0.2) is 23.9 Å². The molecule has 16 heavy (non-hydrogen) atoms. The van der Waals surface area contributed by atoms with Gasteiger partial charge in [0.05, 0.1) is 11.7 Å². The minimum atomic E-state index is -0.296. The number of methoxy groups -OCH3 is 1. The molecule has 1 rings (SSSR count). The summed E-state index contributed by atoms with van der Waals surface area (Å²) in [5, 5.41) is 9.90. The summed E-state index contributed by atoms with van der Waals surface area (Å²) in [7, 11) is 1.68. The Labute approximate surface area is 98.3 Å². The summed E-state index contributed by atoms with van der Waals surface area (Å²) < 4.78 is 5.30. The van der Waals surface area contributed by atoms with Crippen molar-refractivity contribution < 1.29 is 9.84 Å². The van der Waals surface area contributed by atoms with Crippen LogP contribution in [0.3, 0.4) is 0 Å². The summed E-state index contributed by atoms with van der Waals surface area (Å²) >= 11 is 0. The number of hydrogen-bond donors (Lipinski definition) is 1. The number of aliphatic hydroxyl groups excluding tert-OH is 1. The maximum absolute atomic E-state index is 9.90. The highest BCUT2D eigenvalue weighted by Gasteiger charge is 2.20. The molecule has 0 heterocycles. The van der Waals surface area contributed by atoms with Gasteiger partial charge >= 0.3 is 0 Å². The van der Waals surface area contributed by atoms with Crippen LogP contribution >= 0.6 is 0 Å². The Morgan fingerprint density at radius 1 is 1.25 bits per heavy atom. The monoisotopic (exact) mass is 222 g/mol. The molecule has 1 atom stereocenters. The molecule has 2 nitrogen and oxygen atoms in total. The number of hydrogen-bond acceptors (Lipinski definition) is 2. The maximum atomic E-state index is 9.90. The van der Waals surface area contributed by atoms with E-state index in [1.165, 1.54) is 5.56 Å². The average molecular weight is 222 g/mol. The molecule has 0 spiro atoms. The number of benzene rings is 1. The molecule has 0 fully saturated rings. The van der Waals surface area contributed by atoms with Crippen LogP contribution in [0.25, 0.3) is 0 Å². The Morgan fingerprint density at radius 3 is 2.44 bits per heavy atom. The van der Waals surface area contributed by atoms with E-state index in [0.717, 1.165) is 12.8 Å². The zero-order valence-electron chi connectivity index (χ0n) is 10.4. The van der Waals surface area contributed by atoms with Crippen molar-refractivity contribution in [3.63, 3.8) is 0 Å². The van der Waals surface area contributed by atoms with Crippen LogP contribution in [-0.2, 0) is 11.2 Å². The summed E-state index contributed by atoms with van der Waals surface area (Å²) in [5.74, 6) is 0. The van der Waals surface area contributed by atoms with Crippen molar-refractivity contribution in [3.05, 3.63) is 35.9 Å². The Kier molecular flexibility index (Phi) is 4.97. The summed E-state index contributed by atoms with van der Waals surface area (Å²) in [6, 6.07) is 10.2. The Morgan fingerprint density at radius 2 is 1.88 bits per heavy atom. The molecular formula is C14H22O2. The average Bonchev–Trinajstić information content (AvgIpc) is 2.27. The molecule has 1 aromatic carbocycles. The standard InChI is InChI=1S/C14H22O2/c1-14(2,16-3)11-13(15)10-9-12-7-5-4-6-8-12/h4-8,13,15H,9-11H2,1-3H3.